The Morgan fingerprint density at radius 3 is 2.16 bits per heavy atom. The van der Waals surface area contributed by atoms with Crippen LogP contribution in [0.1, 0.15) is 39.4 Å². The molecule has 1 aromatic rings. The van der Waals surface area contributed by atoms with E-state index in [4.69, 9.17) is 4.74 Å². The highest BCUT2D eigenvalue weighted by Crippen LogP contribution is 2.14. The molecule has 1 amide bonds. The Hall–Kier alpha value is -1.55. The Labute approximate surface area is 115 Å². The molecule has 0 aromatic heterocycles. The zero-order valence-corrected chi connectivity index (χ0v) is 12.0. The summed E-state index contributed by atoms with van der Waals surface area (Å²) in [6, 6.07) is 9.32. The summed E-state index contributed by atoms with van der Waals surface area (Å²) in [5.74, 6) is 0. The highest BCUT2D eigenvalue weighted by atomic mass is 16.6. The van der Waals surface area contributed by atoms with Crippen molar-refractivity contribution >= 4 is 6.09 Å². The van der Waals surface area contributed by atoms with E-state index in [2.05, 4.69) is 0 Å². The van der Waals surface area contributed by atoms with Gasteiger partial charge in [0.05, 0.1) is 0 Å². The van der Waals surface area contributed by atoms with E-state index < -0.39 is 6.10 Å². The summed E-state index contributed by atoms with van der Waals surface area (Å²) in [7, 11) is 0. The Balaban J connectivity index is 2.54. The van der Waals surface area contributed by atoms with Crippen LogP contribution in [0.3, 0.4) is 0 Å². The van der Waals surface area contributed by atoms with Crippen LogP contribution in [0, 0.1) is 0 Å². The van der Waals surface area contributed by atoms with E-state index in [1.807, 2.05) is 45.9 Å². The highest BCUT2D eigenvalue weighted by molar-refractivity contribution is 5.68. The van der Waals surface area contributed by atoms with Crippen molar-refractivity contribution in [2.24, 2.45) is 0 Å². The fourth-order valence-electron chi connectivity index (χ4n) is 2.01. The number of nitrogens with zero attached hydrogens (tertiary/aromatic N) is 1. The molecule has 19 heavy (non-hydrogen) atoms. The molecule has 0 fully saturated rings. The predicted octanol–water partition coefficient (Wildman–Crippen LogP) is 2.98. The number of aliphatic hydroxyl groups excluding tert-OH is 1. The van der Waals surface area contributed by atoms with E-state index in [-0.39, 0.29) is 24.8 Å². The summed E-state index contributed by atoms with van der Waals surface area (Å²) in [6.45, 7) is 7.73. The van der Waals surface area contributed by atoms with Gasteiger partial charge in [-0.15, -0.1) is 0 Å². The zero-order valence-electron chi connectivity index (χ0n) is 12.0. The lowest BCUT2D eigenvalue weighted by Crippen LogP contribution is -2.42. The average Bonchev–Trinajstić information content (AvgIpc) is 2.36. The number of carbonyl (C=O) groups excluding carboxylic acids is 1. The van der Waals surface area contributed by atoms with Gasteiger partial charge in [0.15, 0.2) is 0 Å². The fourth-order valence-corrected chi connectivity index (χ4v) is 2.01. The van der Waals surface area contributed by atoms with Crippen molar-refractivity contribution in [3.63, 3.8) is 0 Å². The van der Waals surface area contributed by atoms with Crippen molar-refractivity contribution in [1.82, 2.24) is 4.90 Å². The lowest BCUT2D eigenvalue weighted by atomic mass is 10.1. The largest absolute Gasteiger partial charge is 0.446 e. The van der Waals surface area contributed by atoms with Crippen LogP contribution in [0.5, 0.6) is 0 Å². The van der Waals surface area contributed by atoms with E-state index >= 15 is 0 Å². The molecule has 0 aliphatic carbocycles. The first-order valence-corrected chi connectivity index (χ1v) is 6.61. The van der Waals surface area contributed by atoms with Gasteiger partial charge in [-0.05, 0) is 33.3 Å². The number of ether oxygens (including phenoxy) is 1. The van der Waals surface area contributed by atoms with Crippen molar-refractivity contribution in [1.29, 1.82) is 0 Å². The van der Waals surface area contributed by atoms with E-state index in [1.54, 1.807) is 17.0 Å². The predicted molar refractivity (Wildman–Crippen MR) is 74.9 cm³/mol. The maximum Gasteiger partial charge on any atom is 0.410 e. The van der Waals surface area contributed by atoms with Crippen LogP contribution in [0.2, 0.25) is 0 Å². The molecular weight excluding hydrogens is 242 g/mol. The van der Waals surface area contributed by atoms with Gasteiger partial charge in [0, 0.05) is 12.1 Å². The molecule has 0 aliphatic heterocycles. The minimum Gasteiger partial charge on any atom is -0.446 e. The molecule has 1 aromatic carbocycles. The number of carbonyl (C=O) groups is 1. The molecule has 1 rings (SSSR count). The molecule has 1 atom stereocenters. The van der Waals surface area contributed by atoms with Crippen molar-refractivity contribution in [2.75, 3.05) is 6.61 Å². The third-order valence-electron chi connectivity index (χ3n) is 2.87. The molecule has 0 saturated carbocycles. The van der Waals surface area contributed by atoms with Gasteiger partial charge >= 0.3 is 6.09 Å². The van der Waals surface area contributed by atoms with Crippen LogP contribution in [0.25, 0.3) is 0 Å². The van der Waals surface area contributed by atoms with Crippen molar-refractivity contribution < 1.29 is 14.6 Å². The Bertz CT molecular complexity index is 382. The van der Waals surface area contributed by atoms with Crippen LogP contribution in [-0.2, 0) is 4.74 Å². The first-order chi connectivity index (χ1) is 8.93. The zero-order chi connectivity index (χ0) is 14.4. The van der Waals surface area contributed by atoms with Gasteiger partial charge < -0.3 is 14.7 Å². The van der Waals surface area contributed by atoms with Gasteiger partial charge in [-0.1, -0.05) is 30.3 Å². The second kappa shape index (κ2) is 7.14. The molecule has 0 bridgehead atoms. The first-order valence-electron chi connectivity index (χ1n) is 6.61. The normalized spacial score (nSPS) is 12.6. The molecule has 1 unspecified atom stereocenters. The molecule has 4 heteroatoms. The minimum absolute atomic E-state index is 0.0290. The third kappa shape index (κ3) is 4.56. The summed E-state index contributed by atoms with van der Waals surface area (Å²) in [6.07, 6.45) is -1.17. The molecule has 1 N–H and O–H groups in total. The summed E-state index contributed by atoms with van der Waals surface area (Å²) in [5.41, 5.74) is 0.746. The van der Waals surface area contributed by atoms with E-state index in [1.165, 1.54) is 0 Å². The molecule has 4 nitrogen and oxygen atoms in total. The molecular formula is C15H23NO3. The maximum absolute atomic E-state index is 12.0. The molecule has 0 spiro atoms. The Morgan fingerprint density at radius 2 is 1.68 bits per heavy atom. The molecule has 0 saturated heterocycles. The monoisotopic (exact) mass is 265 g/mol. The molecule has 0 aliphatic rings. The third-order valence-corrected chi connectivity index (χ3v) is 2.87. The summed E-state index contributed by atoms with van der Waals surface area (Å²) < 4.78 is 5.18. The van der Waals surface area contributed by atoms with Crippen molar-refractivity contribution in [2.45, 2.75) is 45.9 Å². The SMILES string of the molecule is CC(C)N(C(=O)OCC(O)c1ccccc1)C(C)C. The van der Waals surface area contributed by atoms with Crippen molar-refractivity contribution in [3.8, 4) is 0 Å². The number of rotatable bonds is 5. The highest BCUT2D eigenvalue weighted by Gasteiger charge is 2.22. The van der Waals surface area contributed by atoms with Crippen LogP contribution < -0.4 is 0 Å². The van der Waals surface area contributed by atoms with Gasteiger partial charge in [-0.2, -0.15) is 0 Å². The average molecular weight is 265 g/mol. The van der Waals surface area contributed by atoms with Crippen LogP contribution >= 0.6 is 0 Å². The van der Waals surface area contributed by atoms with Crippen LogP contribution in [0.15, 0.2) is 30.3 Å². The topological polar surface area (TPSA) is 49.8 Å². The van der Waals surface area contributed by atoms with Gasteiger partial charge in [0.25, 0.3) is 0 Å². The summed E-state index contributed by atoms with van der Waals surface area (Å²) in [4.78, 5) is 13.6. The lowest BCUT2D eigenvalue weighted by molar-refractivity contribution is 0.0354. The van der Waals surface area contributed by atoms with E-state index in [9.17, 15) is 9.90 Å². The van der Waals surface area contributed by atoms with Gasteiger partial charge in [-0.25, -0.2) is 4.79 Å². The van der Waals surface area contributed by atoms with E-state index in [0.29, 0.717) is 0 Å². The fraction of sp³-hybridized carbons (Fsp3) is 0.533. The second-order valence-electron chi connectivity index (χ2n) is 5.10. The quantitative estimate of drug-likeness (QED) is 0.890. The molecule has 0 radical (unpaired) electrons. The summed E-state index contributed by atoms with van der Waals surface area (Å²) >= 11 is 0. The van der Waals surface area contributed by atoms with E-state index in [0.717, 1.165) is 5.56 Å². The molecule has 106 valence electrons. The van der Waals surface area contributed by atoms with Crippen LogP contribution in [-0.4, -0.2) is 34.8 Å². The summed E-state index contributed by atoms with van der Waals surface area (Å²) in [5, 5.41) is 9.93. The first kappa shape index (κ1) is 15.5. The van der Waals surface area contributed by atoms with Gasteiger partial charge in [0.1, 0.15) is 12.7 Å². The van der Waals surface area contributed by atoms with Gasteiger partial charge in [-0.3, -0.25) is 0 Å². The number of hydrogen-bond donors (Lipinski definition) is 1. The number of aliphatic hydroxyl groups is 1. The number of hydrogen-bond acceptors (Lipinski definition) is 3. The molecule has 0 heterocycles. The van der Waals surface area contributed by atoms with Gasteiger partial charge in [0.2, 0.25) is 0 Å². The number of benzene rings is 1. The number of amides is 1. The smallest absolute Gasteiger partial charge is 0.410 e. The second-order valence-corrected chi connectivity index (χ2v) is 5.10. The standard InChI is InChI=1S/C15H23NO3/c1-11(2)16(12(3)4)15(18)19-10-14(17)13-8-6-5-7-9-13/h5-9,11-12,14,17H,10H2,1-4H3. The lowest BCUT2D eigenvalue weighted by Gasteiger charge is -2.30. The van der Waals surface area contributed by atoms with Crippen LogP contribution in [0.4, 0.5) is 4.79 Å². The minimum atomic E-state index is -0.786. The maximum atomic E-state index is 12.0. The Kier molecular flexibility index (Phi) is 5.83. The Morgan fingerprint density at radius 1 is 1.16 bits per heavy atom. The van der Waals surface area contributed by atoms with Crippen molar-refractivity contribution in [3.05, 3.63) is 35.9 Å².